The number of likely N-dealkylation sites (tertiary alicyclic amines) is 1. The molecule has 2 unspecified atom stereocenters. The maximum absolute atomic E-state index is 12.7. The van der Waals surface area contributed by atoms with E-state index in [2.05, 4.69) is 5.32 Å². The van der Waals surface area contributed by atoms with Gasteiger partial charge in [-0.05, 0) is 31.7 Å². The smallest absolute Gasteiger partial charge is 0.245 e. The van der Waals surface area contributed by atoms with E-state index in [0.29, 0.717) is 19.3 Å². The molecule has 2 atom stereocenters. The Bertz CT molecular complexity index is 516. The fourth-order valence-corrected chi connectivity index (χ4v) is 2.83. The minimum Gasteiger partial charge on any atom is -0.344 e. The summed E-state index contributed by atoms with van der Waals surface area (Å²) in [5, 5.41) is 2.91. The molecule has 0 spiro atoms. The number of nitrogens with one attached hydrogen (secondary N) is 1. The zero-order valence-electron chi connectivity index (χ0n) is 14.2. The third-order valence-electron chi connectivity index (χ3n) is 4.16. The van der Waals surface area contributed by atoms with Gasteiger partial charge in [0.2, 0.25) is 11.8 Å². The molecule has 1 aliphatic rings. The standard InChI is InChI=1S/C18H27N3O2.ClH/c1-14(19)9-10-17(22)20-16(13-15-7-3-2-4-8-15)18(23)21-11-5-6-12-21;/h2-4,7-8,14,16H,5-6,9-13,19H2,1H3,(H,20,22);1H. The van der Waals surface area contributed by atoms with Crippen LogP contribution in [0.25, 0.3) is 0 Å². The Labute approximate surface area is 150 Å². The summed E-state index contributed by atoms with van der Waals surface area (Å²) < 4.78 is 0. The van der Waals surface area contributed by atoms with E-state index in [4.69, 9.17) is 5.73 Å². The highest BCUT2D eigenvalue weighted by Gasteiger charge is 2.27. The van der Waals surface area contributed by atoms with Crippen LogP contribution in [0.15, 0.2) is 30.3 Å². The summed E-state index contributed by atoms with van der Waals surface area (Å²) in [5.74, 6) is -0.0729. The topological polar surface area (TPSA) is 75.4 Å². The second-order valence-corrected chi connectivity index (χ2v) is 6.36. The van der Waals surface area contributed by atoms with Crippen molar-refractivity contribution in [2.45, 2.75) is 51.1 Å². The van der Waals surface area contributed by atoms with E-state index in [0.717, 1.165) is 31.5 Å². The van der Waals surface area contributed by atoms with Crippen molar-refractivity contribution in [2.24, 2.45) is 5.73 Å². The van der Waals surface area contributed by atoms with Crippen molar-refractivity contribution >= 4 is 24.2 Å². The lowest BCUT2D eigenvalue weighted by molar-refractivity contribution is -0.135. The second kappa shape index (κ2) is 10.3. The third kappa shape index (κ3) is 6.49. The molecule has 1 aliphatic heterocycles. The number of amides is 2. The molecule has 3 N–H and O–H groups in total. The molecule has 1 saturated heterocycles. The molecule has 2 amide bonds. The van der Waals surface area contributed by atoms with E-state index in [9.17, 15) is 9.59 Å². The van der Waals surface area contributed by atoms with Crippen molar-refractivity contribution in [2.75, 3.05) is 13.1 Å². The van der Waals surface area contributed by atoms with E-state index < -0.39 is 6.04 Å². The SMILES string of the molecule is CC(N)CCC(=O)NC(Cc1ccccc1)C(=O)N1CCCC1.Cl. The monoisotopic (exact) mass is 353 g/mol. The van der Waals surface area contributed by atoms with Crippen molar-refractivity contribution in [1.82, 2.24) is 10.2 Å². The van der Waals surface area contributed by atoms with Crippen LogP contribution in [0.5, 0.6) is 0 Å². The first-order chi connectivity index (χ1) is 11.1. The van der Waals surface area contributed by atoms with Gasteiger partial charge in [0.15, 0.2) is 0 Å². The fraction of sp³-hybridized carbons (Fsp3) is 0.556. The largest absolute Gasteiger partial charge is 0.344 e. The van der Waals surface area contributed by atoms with Crippen LogP contribution < -0.4 is 11.1 Å². The molecule has 6 heteroatoms. The number of benzene rings is 1. The highest BCUT2D eigenvalue weighted by atomic mass is 35.5. The Morgan fingerprint density at radius 3 is 2.42 bits per heavy atom. The summed E-state index contributed by atoms with van der Waals surface area (Å²) in [4.78, 5) is 26.7. The Morgan fingerprint density at radius 1 is 1.21 bits per heavy atom. The van der Waals surface area contributed by atoms with Gasteiger partial charge in [-0.15, -0.1) is 12.4 Å². The van der Waals surface area contributed by atoms with Crippen LogP contribution in [0.1, 0.15) is 38.2 Å². The summed E-state index contributed by atoms with van der Waals surface area (Å²) in [7, 11) is 0. The summed E-state index contributed by atoms with van der Waals surface area (Å²) in [6, 6.07) is 9.31. The quantitative estimate of drug-likeness (QED) is 0.786. The minimum absolute atomic E-state index is 0. The maximum Gasteiger partial charge on any atom is 0.245 e. The lowest BCUT2D eigenvalue weighted by Crippen LogP contribution is -2.49. The molecule has 24 heavy (non-hydrogen) atoms. The van der Waals surface area contributed by atoms with Gasteiger partial charge in [0.25, 0.3) is 0 Å². The number of rotatable bonds is 7. The summed E-state index contributed by atoms with van der Waals surface area (Å²) >= 11 is 0. The highest BCUT2D eigenvalue weighted by Crippen LogP contribution is 2.12. The molecule has 134 valence electrons. The Kier molecular flexibility index (Phi) is 8.79. The Balaban J connectivity index is 0.00000288. The van der Waals surface area contributed by atoms with Crippen LogP contribution >= 0.6 is 12.4 Å². The zero-order valence-corrected chi connectivity index (χ0v) is 15.1. The fourth-order valence-electron chi connectivity index (χ4n) is 2.83. The van der Waals surface area contributed by atoms with E-state index in [1.165, 1.54) is 0 Å². The van der Waals surface area contributed by atoms with Gasteiger partial charge >= 0.3 is 0 Å². The second-order valence-electron chi connectivity index (χ2n) is 6.36. The van der Waals surface area contributed by atoms with Gasteiger partial charge in [0.1, 0.15) is 6.04 Å². The molecule has 0 saturated carbocycles. The first kappa shape index (κ1) is 20.5. The predicted molar refractivity (Wildman–Crippen MR) is 98.0 cm³/mol. The molecule has 0 bridgehead atoms. The van der Waals surface area contributed by atoms with Gasteiger partial charge in [-0.1, -0.05) is 30.3 Å². The molecule has 0 aromatic heterocycles. The van der Waals surface area contributed by atoms with Gasteiger partial charge < -0.3 is 16.0 Å². The number of halogens is 1. The lowest BCUT2D eigenvalue weighted by atomic mass is 10.0. The van der Waals surface area contributed by atoms with Crippen molar-refractivity contribution in [3.8, 4) is 0 Å². The number of carbonyl (C=O) groups excluding carboxylic acids is 2. The van der Waals surface area contributed by atoms with Crippen LogP contribution in [0.4, 0.5) is 0 Å². The average molecular weight is 354 g/mol. The van der Waals surface area contributed by atoms with Crippen LogP contribution in [-0.2, 0) is 16.0 Å². The molecule has 0 aliphatic carbocycles. The minimum atomic E-state index is -0.490. The van der Waals surface area contributed by atoms with E-state index in [-0.39, 0.29) is 30.3 Å². The van der Waals surface area contributed by atoms with Crippen LogP contribution in [0.3, 0.4) is 0 Å². The summed E-state index contributed by atoms with van der Waals surface area (Å²) in [5.41, 5.74) is 6.75. The predicted octanol–water partition coefficient (Wildman–Crippen LogP) is 1.89. The van der Waals surface area contributed by atoms with Crippen molar-refractivity contribution < 1.29 is 9.59 Å². The summed E-state index contributed by atoms with van der Waals surface area (Å²) in [6.45, 7) is 3.46. The third-order valence-corrected chi connectivity index (χ3v) is 4.16. The van der Waals surface area contributed by atoms with Crippen molar-refractivity contribution in [3.63, 3.8) is 0 Å². The zero-order chi connectivity index (χ0) is 16.7. The molecule has 2 rings (SSSR count). The molecule has 1 aromatic rings. The van der Waals surface area contributed by atoms with Crippen molar-refractivity contribution in [3.05, 3.63) is 35.9 Å². The van der Waals surface area contributed by atoms with Gasteiger partial charge in [0, 0.05) is 32.0 Å². The summed E-state index contributed by atoms with van der Waals surface area (Å²) in [6.07, 6.45) is 3.60. The number of nitrogens with zero attached hydrogens (tertiary/aromatic N) is 1. The normalized spacial score (nSPS) is 16.2. The Morgan fingerprint density at radius 2 is 1.83 bits per heavy atom. The van der Waals surface area contributed by atoms with Crippen LogP contribution in [0.2, 0.25) is 0 Å². The number of hydrogen-bond acceptors (Lipinski definition) is 3. The molecule has 1 fully saturated rings. The number of nitrogens with two attached hydrogens (primary N) is 1. The van der Waals surface area contributed by atoms with Crippen molar-refractivity contribution in [1.29, 1.82) is 0 Å². The first-order valence-electron chi connectivity index (χ1n) is 8.44. The molecule has 0 radical (unpaired) electrons. The molecule has 5 nitrogen and oxygen atoms in total. The lowest BCUT2D eigenvalue weighted by Gasteiger charge is -2.24. The van der Waals surface area contributed by atoms with E-state index >= 15 is 0 Å². The first-order valence-corrected chi connectivity index (χ1v) is 8.44. The highest BCUT2D eigenvalue weighted by molar-refractivity contribution is 5.88. The molecule has 1 heterocycles. The Hall–Kier alpha value is -1.59. The number of hydrogen-bond donors (Lipinski definition) is 2. The van der Waals surface area contributed by atoms with Crippen LogP contribution in [-0.4, -0.2) is 41.9 Å². The van der Waals surface area contributed by atoms with Crippen LogP contribution in [0, 0.1) is 0 Å². The average Bonchev–Trinajstić information content (AvgIpc) is 3.07. The molecular weight excluding hydrogens is 326 g/mol. The molecule has 1 aromatic carbocycles. The number of carbonyl (C=O) groups is 2. The van der Waals surface area contributed by atoms with Gasteiger partial charge in [0.05, 0.1) is 0 Å². The molecular formula is C18H28ClN3O2. The van der Waals surface area contributed by atoms with Gasteiger partial charge in [-0.25, -0.2) is 0 Å². The van der Waals surface area contributed by atoms with E-state index in [1.807, 2.05) is 42.2 Å². The van der Waals surface area contributed by atoms with Gasteiger partial charge in [-0.3, -0.25) is 9.59 Å². The van der Waals surface area contributed by atoms with E-state index in [1.54, 1.807) is 0 Å². The maximum atomic E-state index is 12.7. The van der Waals surface area contributed by atoms with Gasteiger partial charge in [-0.2, -0.15) is 0 Å².